The molecule has 0 amide bonds. The van der Waals surface area contributed by atoms with Crippen LogP contribution in [0.4, 0.5) is 11.5 Å². The second-order valence-electron chi connectivity index (χ2n) is 5.04. The lowest BCUT2D eigenvalue weighted by atomic mass is 9.98. The number of aromatic nitrogens is 1. The van der Waals surface area contributed by atoms with Crippen molar-refractivity contribution in [2.75, 3.05) is 5.32 Å². The van der Waals surface area contributed by atoms with Crippen molar-refractivity contribution < 1.29 is 14.8 Å². The lowest BCUT2D eigenvalue weighted by Gasteiger charge is -2.26. The highest BCUT2D eigenvalue weighted by Crippen LogP contribution is 2.27. The fraction of sp³-hybridized carbons (Fsp3) is 0.500. The summed E-state index contributed by atoms with van der Waals surface area (Å²) in [5.74, 6) is -0.743. The number of aliphatic carboxylic acids is 1. The molecule has 2 N–H and O–H groups in total. The molecule has 104 valence electrons. The highest BCUT2D eigenvalue weighted by atomic mass is 16.6. The normalized spacial score (nSPS) is 11.1. The standard InChI is InChI=1S/C12H17N3O4/c1-8-6-9(15(18)19)11(13-7-8)14-12(2,3)5-4-10(16)17/h6-7H,4-5H2,1-3H3,(H,13,14)(H,16,17). The van der Waals surface area contributed by atoms with Crippen molar-refractivity contribution in [1.82, 2.24) is 4.98 Å². The number of anilines is 1. The van der Waals surface area contributed by atoms with E-state index in [0.29, 0.717) is 12.0 Å². The van der Waals surface area contributed by atoms with E-state index in [9.17, 15) is 14.9 Å². The summed E-state index contributed by atoms with van der Waals surface area (Å²) in [5, 5.41) is 22.6. The summed E-state index contributed by atoms with van der Waals surface area (Å²) < 4.78 is 0. The second-order valence-corrected chi connectivity index (χ2v) is 5.04. The van der Waals surface area contributed by atoms with Crippen LogP contribution in [0.2, 0.25) is 0 Å². The topological polar surface area (TPSA) is 105 Å². The van der Waals surface area contributed by atoms with E-state index in [1.165, 1.54) is 12.3 Å². The van der Waals surface area contributed by atoms with Crippen LogP contribution >= 0.6 is 0 Å². The number of aryl methyl sites for hydroxylation is 1. The average Bonchev–Trinajstić information content (AvgIpc) is 2.28. The van der Waals surface area contributed by atoms with Crippen molar-refractivity contribution in [3.05, 3.63) is 27.9 Å². The van der Waals surface area contributed by atoms with Gasteiger partial charge < -0.3 is 10.4 Å². The Morgan fingerprint density at radius 1 is 1.58 bits per heavy atom. The first-order valence-electron chi connectivity index (χ1n) is 5.82. The van der Waals surface area contributed by atoms with Gasteiger partial charge in [-0.25, -0.2) is 4.98 Å². The maximum absolute atomic E-state index is 11.0. The number of pyridine rings is 1. The number of hydrogen-bond donors (Lipinski definition) is 2. The number of nitrogens with one attached hydrogen (secondary N) is 1. The second kappa shape index (κ2) is 5.64. The van der Waals surface area contributed by atoms with Gasteiger partial charge in [-0.3, -0.25) is 14.9 Å². The van der Waals surface area contributed by atoms with Crippen LogP contribution in [0.15, 0.2) is 12.3 Å². The molecule has 7 nitrogen and oxygen atoms in total. The molecule has 0 bridgehead atoms. The smallest absolute Gasteiger partial charge is 0.311 e. The largest absolute Gasteiger partial charge is 0.481 e. The zero-order chi connectivity index (χ0) is 14.6. The first-order valence-corrected chi connectivity index (χ1v) is 5.82. The van der Waals surface area contributed by atoms with Gasteiger partial charge in [-0.1, -0.05) is 0 Å². The Morgan fingerprint density at radius 3 is 2.74 bits per heavy atom. The molecule has 0 saturated heterocycles. The molecule has 0 aliphatic heterocycles. The van der Waals surface area contributed by atoms with E-state index < -0.39 is 16.4 Å². The van der Waals surface area contributed by atoms with Gasteiger partial charge >= 0.3 is 11.7 Å². The van der Waals surface area contributed by atoms with Crippen LogP contribution in [0.3, 0.4) is 0 Å². The third-order valence-electron chi connectivity index (χ3n) is 2.62. The van der Waals surface area contributed by atoms with Crippen LogP contribution in [-0.4, -0.2) is 26.5 Å². The average molecular weight is 267 g/mol. The molecule has 0 radical (unpaired) electrons. The van der Waals surface area contributed by atoms with Gasteiger partial charge in [0.25, 0.3) is 0 Å². The molecule has 0 unspecified atom stereocenters. The first-order chi connectivity index (χ1) is 8.71. The molecule has 7 heteroatoms. The highest BCUT2D eigenvalue weighted by Gasteiger charge is 2.24. The number of carbonyl (C=O) groups is 1. The van der Waals surface area contributed by atoms with Crippen LogP contribution in [0, 0.1) is 17.0 Å². The summed E-state index contributed by atoms with van der Waals surface area (Å²) in [6.45, 7) is 5.28. The minimum Gasteiger partial charge on any atom is -0.481 e. The Balaban J connectivity index is 2.92. The predicted octanol–water partition coefficient (Wildman–Crippen LogP) is 2.35. The third kappa shape index (κ3) is 4.53. The SMILES string of the molecule is Cc1cnc(NC(C)(C)CCC(=O)O)c([N+](=O)[O-])c1. The van der Waals surface area contributed by atoms with Gasteiger partial charge in [0.05, 0.1) is 4.92 Å². The molecule has 19 heavy (non-hydrogen) atoms. The zero-order valence-electron chi connectivity index (χ0n) is 11.1. The lowest BCUT2D eigenvalue weighted by Crippen LogP contribution is -2.32. The van der Waals surface area contributed by atoms with Crippen molar-refractivity contribution >= 4 is 17.5 Å². The van der Waals surface area contributed by atoms with Crippen molar-refractivity contribution in [1.29, 1.82) is 0 Å². The Bertz CT molecular complexity index is 500. The molecule has 0 fully saturated rings. The summed E-state index contributed by atoms with van der Waals surface area (Å²) in [5.41, 5.74) is -0.00483. The molecule has 1 heterocycles. The molecule has 0 aliphatic carbocycles. The summed E-state index contributed by atoms with van der Waals surface area (Å²) in [7, 11) is 0. The minimum atomic E-state index is -0.902. The van der Waals surface area contributed by atoms with Gasteiger partial charge in [0.15, 0.2) is 0 Å². The summed E-state index contributed by atoms with van der Waals surface area (Å²) in [6.07, 6.45) is 1.86. The van der Waals surface area contributed by atoms with Crippen molar-refractivity contribution in [2.24, 2.45) is 0 Å². The van der Waals surface area contributed by atoms with Gasteiger partial charge in [-0.2, -0.15) is 0 Å². The zero-order valence-corrected chi connectivity index (χ0v) is 11.1. The van der Waals surface area contributed by atoms with Crippen LogP contribution in [0.1, 0.15) is 32.3 Å². The van der Waals surface area contributed by atoms with Crippen molar-refractivity contribution in [3.8, 4) is 0 Å². The molecule has 0 spiro atoms. The fourth-order valence-electron chi connectivity index (χ4n) is 1.59. The first kappa shape index (κ1) is 14.9. The van der Waals surface area contributed by atoms with Gasteiger partial charge in [-0.05, 0) is 32.8 Å². The summed E-state index contributed by atoms with van der Waals surface area (Å²) >= 11 is 0. The molecule has 1 aromatic heterocycles. The van der Waals surface area contributed by atoms with Crippen LogP contribution in [-0.2, 0) is 4.79 Å². The Labute approximate surface area is 110 Å². The van der Waals surface area contributed by atoms with Gasteiger partial charge in [0.1, 0.15) is 0 Å². The van der Waals surface area contributed by atoms with E-state index in [-0.39, 0.29) is 17.9 Å². The Morgan fingerprint density at radius 2 is 2.21 bits per heavy atom. The lowest BCUT2D eigenvalue weighted by molar-refractivity contribution is -0.384. The summed E-state index contributed by atoms with van der Waals surface area (Å²) in [4.78, 5) is 25.0. The van der Waals surface area contributed by atoms with Crippen molar-refractivity contribution in [2.45, 2.75) is 39.2 Å². The Kier molecular flexibility index (Phi) is 4.42. The van der Waals surface area contributed by atoms with E-state index in [2.05, 4.69) is 10.3 Å². The monoisotopic (exact) mass is 267 g/mol. The maximum atomic E-state index is 11.0. The predicted molar refractivity (Wildman–Crippen MR) is 70.2 cm³/mol. The van der Waals surface area contributed by atoms with Crippen molar-refractivity contribution in [3.63, 3.8) is 0 Å². The molecule has 0 aromatic carbocycles. The molecular weight excluding hydrogens is 250 g/mol. The molecule has 1 rings (SSSR count). The number of nitro groups is 1. The van der Waals surface area contributed by atoms with Gasteiger partial charge in [-0.15, -0.1) is 0 Å². The minimum absolute atomic E-state index is 0.0142. The maximum Gasteiger partial charge on any atom is 0.311 e. The molecule has 0 atom stereocenters. The number of rotatable bonds is 6. The number of hydrogen-bond acceptors (Lipinski definition) is 5. The Hall–Kier alpha value is -2.18. The van der Waals surface area contributed by atoms with Crippen LogP contribution in [0.25, 0.3) is 0 Å². The van der Waals surface area contributed by atoms with E-state index in [1.54, 1.807) is 20.8 Å². The quantitative estimate of drug-likeness (QED) is 0.605. The van der Waals surface area contributed by atoms with Gasteiger partial charge in [0.2, 0.25) is 5.82 Å². The number of carboxylic acid groups (broad SMARTS) is 1. The molecular formula is C12H17N3O4. The third-order valence-corrected chi connectivity index (χ3v) is 2.62. The van der Waals surface area contributed by atoms with Gasteiger partial charge in [0, 0.05) is 24.2 Å². The molecule has 1 aromatic rings. The number of nitrogens with zero attached hydrogens (tertiary/aromatic N) is 2. The summed E-state index contributed by atoms with van der Waals surface area (Å²) in [6, 6.07) is 1.43. The van der Waals surface area contributed by atoms with E-state index in [0.717, 1.165) is 0 Å². The number of carboxylic acids is 1. The van der Waals surface area contributed by atoms with Crippen LogP contribution < -0.4 is 5.32 Å². The van der Waals surface area contributed by atoms with E-state index in [1.807, 2.05) is 0 Å². The molecule has 0 aliphatic rings. The fourth-order valence-corrected chi connectivity index (χ4v) is 1.59. The van der Waals surface area contributed by atoms with E-state index in [4.69, 9.17) is 5.11 Å². The van der Waals surface area contributed by atoms with E-state index >= 15 is 0 Å². The highest BCUT2D eigenvalue weighted by molar-refractivity contribution is 5.67. The van der Waals surface area contributed by atoms with Crippen LogP contribution in [0.5, 0.6) is 0 Å². The molecule has 0 saturated carbocycles.